The molecule has 2 aromatic heterocycles. The second kappa shape index (κ2) is 12.0. The third-order valence-corrected chi connectivity index (χ3v) is 6.02. The van der Waals surface area contributed by atoms with E-state index in [1.807, 2.05) is 0 Å². The second-order valence-electron chi connectivity index (χ2n) is 8.87. The van der Waals surface area contributed by atoms with E-state index in [0.717, 1.165) is 0 Å². The molecule has 9 nitrogen and oxygen atoms in total. The maximum atomic E-state index is 12.6. The zero-order valence-electron chi connectivity index (χ0n) is 20.4. The number of methoxy groups -OCH3 is 2. The normalized spacial score (nSPS) is 17.7. The predicted octanol–water partition coefficient (Wildman–Crippen LogP) is 5.16. The van der Waals surface area contributed by atoms with Crippen LogP contribution < -0.4 is 14.2 Å². The third kappa shape index (κ3) is 7.83. The Balaban J connectivity index is 0.000000211. The number of carbonyl (C=O) groups excluding carboxylic acids is 1. The van der Waals surface area contributed by atoms with Gasteiger partial charge in [-0.05, 0) is 24.3 Å². The van der Waals surface area contributed by atoms with Crippen molar-refractivity contribution < 1.29 is 51.2 Å². The summed E-state index contributed by atoms with van der Waals surface area (Å²) >= 11 is 5.84. The van der Waals surface area contributed by atoms with E-state index in [1.165, 1.54) is 38.5 Å². The first-order valence-corrected chi connectivity index (χ1v) is 11.7. The van der Waals surface area contributed by atoms with Crippen molar-refractivity contribution in [2.24, 2.45) is 11.8 Å². The highest BCUT2D eigenvalue weighted by Crippen LogP contribution is 2.43. The molecule has 0 bridgehead atoms. The molecule has 0 radical (unpaired) electrons. The second-order valence-corrected chi connectivity index (χ2v) is 9.23. The minimum atomic E-state index is -2.58. The first kappa shape index (κ1) is 29.2. The maximum absolute atomic E-state index is 12.6. The van der Waals surface area contributed by atoms with Gasteiger partial charge in [0.1, 0.15) is 5.69 Å². The number of pyridine rings is 2. The Morgan fingerprint density at radius 2 is 1.39 bits per heavy atom. The van der Waals surface area contributed by atoms with Crippen LogP contribution in [0, 0.1) is 11.8 Å². The molecule has 0 atom stereocenters. The van der Waals surface area contributed by atoms with Gasteiger partial charge in [-0.2, -0.15) is 0 Å². The van der Waals surface area contributed by atoms with Crippen LogP contribution in [0.4, 0.5) is 17.6 Å². The van der Waals surface area contributed by atoms with Crippen molar-refractivity contribution in [3.8, 4) is 17.4 Å². The highest BCUT2D eigenvalue weighted by Gasteiger charge is 2.46. The molecule has 0 saturated heterocycles. The summed E-state index contributed by atoms with van der Waals surface area (Å²) in [5, 5.41) is 8.78. The Morgan fingerprint density at radius 1 is 0.895 bits per heavy atom. The van der Waals surface area contributed by atoms with Gasteiger partial charge < -0.3 is 24.1 Å². The van der Waals surface area contributed by atoms with Gasteiger partial charge >= 0.3 is 11.9 Å². The van der Waals surface area contributed by atoms with Crippen LogP contribution in [0.3, 0.4) is 0 Å². The molecular formula is C24H25ClF4N2O7. The molecule has 0 aromatic carbocycles. The van der Waals surface area contributed by atoms with Crippen molar-refractivity contribution in [3.63, 3.8) is 0 Å². The standard InChI is InChI=1S/C12H12ClF2NO3.C12H13F2NO4/c1-18-11(17)8-2-3-9(10(13)16-8)19-6-7-4-12(14,15)5-7;1-18-10-9(3-2-8(15-10)11(16)17)19-6-7-4-12(13,14)5-7/h2-3,7H,4-6H2,1H3;2-3,7H,4-6H2,1H3,(H,16,17). The van der Waals surface area contributed by atoms with Crippen LogP contribution in [-0.4, -0.2) is 66.3 Å². The number of nitrogens with zero attached hydrogens (tertiary/aromatic N) is 2. The number of halogens is 5. The molecule has 2 aliphatic carbocycles. The number of alkyl halides is 4. The van der Waals surface area contributed by atoms with Crippen LogP contribution in [0.15, 0.2) is 24.3 Å². The summed E-state index contributed by atoms with van der Waals surface area (Å²) in [5.41, 5.74) is -0.102. The van der Waals surface area contributed by atoms with Gasteiger partial charge in [-0.3, -0.25) is 0 Å². The fraction of sp³-hybridized carbons (Fsp3) is 0.500. The zero-order chi connectivity index (χ0) is 28.1. The topological polar surface area (TPSA) is 117 Å². The Bertz CT molecular complexity index is 1150. The minimum absolute atomic E-state index is 0.00832. The van der Waals surface area contributed by atoms with Crippen molar-refractivity contribution in [2.45, 2.75) is 37.5 Å². The van der Waals surface area contributed by atoms with E-state index in [9.17, 15) is 27.2 Å². The van der Waals surface area contributed by atoms with E-state index in [-0.39, 0.29) is 84.7 Å². The lowest BCUT2D eigenvalue weighted by molar-refractivity contribution is -0.119. The average Bonchev–Trinajstić information content (AvgIpc) is 2.83. The Kier molecular flexibility index (Phi) is 9.23. The van der Waals surface area contributed by atoms with E-state index in [4.69, 9.17) is 30.9 Å². The van der Waals surface area contributed by atoms with E-state index in [0.29, 0.717) is 0 Å². The molecule has 38 heavy (non-hydrogen) atoms. The lowest BCUT2D eigenvalue weighted by atomic mass is 9.82. The smallest absolute Gasteiger partial charge is 0.356 e. The number of aromatic carboxylic acids is 1. The Morgan fingerprint density at radius 3 is 1.84 bits per heavy atom. The van der Waals surface area contributed by atoms with E-state index >= 15 is 0 Å². The number of hydrogen-bond acceptors (Lipinski definition) is 8. The summed E-state index contributed by atoms with van der Waals surface area (Å²) in [6, 6.07) is 5.56. The molecule has 208 valence electrons. The summed E-state index contributed by atoms with van der Waals surface area (Å²) in [7, 11) is 2.57. The molecule has 2 heterocycles. The number of aromatic nitrogens is 2. The monoisotopic (exact) mass is 564 g/mol. The van der Waals surface area contributed by atoms with Gasteiger partial charge in [-0.15, -0.1) is 0 Å². The first-order valence-electron chi connectivity index (χ1n) is 11.4. The van der Waals surface area contributed by atoms with Gasteiger partial charge in [0.2, 0.25) is 11.8 Å². The van der Waals surface area contributed by atoms with Crippen LogP contribution in [0.2, 0.25) is 5.15 Å². The highest BCUT2D eigenvalue weighted by atomic mass is 35.5. The molecule has 2 fully saturated rings. The molecule has 0 aliphatic heterocycles. The summed E-state index contributed by atoms with van der Waals surface area (Å²) in [5.74, 6) is -6.74. The fourth-order valence-electron chi connectivity index (χ4n) is 3.77. The Hall–Kier alpha value is -3.35. The number of carbonyl (C=O) groups is 2. The van der Waals surface area contributed by atoms with E-state index < -0.39 is 23.8 Å². The van der Waals surface area contributed by atoms with E-state index in [2.05, 4.69) is 14.7 Å². The predicted molar refractivity (Wildman–Crippen MR) is 125 cm³/mol. The molecular weight excluding hydrogens is 540 g/mol. The first-order chi connectivity index (χ1) is 17.8. The molecule has 0 unspecified atom stereocenters. The number of ether oxygens (including phenoxy) is 4. The SMILES string of the molecule is COC(=O)c1ccc(OCC2CC(F)(F)C2)c(Cl)n1.COc1nc(C(=O)O)ccc1OCC1CC(F)(F)C1. The number of hydrogen-bond donors (Lipinski definition) is 1. The van der Waals surface area contributed by atoms with Crippen molar-refractivity contribution in [1.29, 1.82) is 0 Å². The zero-order valence-corrected chi connectivity index (χ0v) is 21.1. The summed E-state index contributed by atoms with van der Waals surface area (Å²) in [6.07, 6.45) is -0.706. The molecule has 2 saturated carbocycles. The van der Waals surface area contributed by atoms with Gasteiger partial charge in [0.05, 0.1) is 27.4 Å². The highest BCUT2D eigenvalue weighted by molar-refractivity contribution is 6.31. The lowest BCUT2D eigenvalue weighted by Crippen LogP contribution is -2.38. The van der Waals surface area contributed by atoms with E-state index in [1.54, 1.807) is 0 Å². The minimum Gasteiger partial charge on any atom is -0.490 e. The van der Waals surface area contributed by atoms with Gasteiger partial charge in [-0.25, -0.2) is 37.1 Å². The molecule has 2 aliphatic rings. The van der Waals surface area contributed by atoms with Crippen LogP contribution >= 0.6 is 11.6 Å². The number of rotatable bonds is 9. The lowest BCUT2D eigenvalue weighted by Gasteiger charge is -2.34. The molecule has 4 rings (SSSR count). The molecule has 2 aromatic rings. The van der Waals surface area contributed by atoms with Crippen molar-refractivity contribution in [1.82, 2.24) is 9.97 Å². The third-order valence-electron chi connectivity index (χ3n) is 5.75. The van der Waals surface area contributed by atoms with Crippen LogP contribution in [-0.2, 0) is 4.74 Å². The van der Waals surface area contributed by atoms with Gasteiger partial charge in [0, 0.05) is 37.5 Å². The molecule has 0 amide bonds. The summed E-state index contributed by atoms with van der Waals surface area (Å²) in [6.45, 7) is 0.300. The molecule has 14 heteroatoms. The molecule has 1 N–H and O–H groups in total. The maximum Gasteiger partial charge on any atom is 0.356 e. The number of esters is 1. The summed E-state index contributed by atoms with van der Waals surface area (Å²) < 4.78 is 70.6. The van der Waals surface area contributed by atoms with Crippen LogP contribution in [0.5, 0.6) is 17.4 Å². The Labute approximate surface area is 220 Å². The van der Waals surface area contributed by atoms with Gasteiger partial charge in [-0.1, -0.05) is 11.6 Å². The van der Waals surface area contributed by atoms with Gasteiger partial charge in [0.25, 0.3) is 5.88 Å². The average molecular weight is 565 g/mol. The fourth-order valence-corrected chi connectivity index (χ4v) is 3.98. The van der Waals surface area contributed by atoms with Crippen molar-refractivity contribution >= 4 is 23.5 Å². The number of carboxylic acid groups (broad SMARTS) is 1. The molecule has 0 spiro atoms. The quantitative estimate of drug-likeness (QED) is 0.250. The number of carboxylic acids is 1. The van der Waals surface area contributed by atoms with Crippen molar-refractivity contribution in [3.05, 3.63) is 40.8 Å². The largest absolute Gasteiger partial charge is 0.490 e. The van der Waals surface area contributed by atoms with Crippen molar-refractivity contribution in [2.75, 3.05) is 27.4 Å². The van der Waals surface area contributed by atoms with Crippen LogP contribution in [0.25, 0.3) is 0 Å². The summed E-state index contributed by atoms with van der Waals surface area (Å²) in [4.78, 5) is 29.5. The van der Waals surface area contributed by atoms with Crippen LogP contribution in [0.1, 0.15) is 46.7 Å². The van der Waals surface area contributed by atoms with Gasteiger partial charge in [0.15, 0.2) is 22.3 Å².